The molecule has 0 saturated heterocycles. The fourth-order valence-electron chi connectivity index (χ4n) is 3.58. The summed E-state index contributed by atoms with van der Waals surface area (Å²) in [5, 5.41) is 14.6. The summed E-state index contributed by atoms with van der Waals surface area (Å²) in [6.45, 7) is 1.88. The number of H-pyrrole nitrogens is 1. The number of halogens is 1. The SMILES string of the molecule is Cc1cc(Nc2nc(N(C)c3ccc(S(C)(=O)=O)cc3F)nc(-c3cnn(C)c3)c2OC2CC2)n[nH]1. The smallest absolute Gasteiger partial charge is 0.232 e. The molecule has 0 atom stereocenters. The molecule has 1 fully saturated rings. The molecule has 0 spiro atoms. The van der Waals surface area contributed by atoms with E-state index in [1.165, 1.54) is 17.0 Å². The van der Waals surface area contributed by atoms with E-state index in [-0.39, 0.29) is 22.6 Å². The molecular formula is C23H25FN8O3S. The maximum Gasteiger partial charge on any atom is 0.232 e. The number of aryl methyl sites for hydroxylation is 2. The molecule has 36 heavy (non-hydrogen) atoms. The highest BCUT2D eigenvalue weighted by molar-refractivity contribution is 7.90. The molecule has 188 valence electrons. The van der Waals surface area contributed by atoms with E-state index in [0.717, 1.165) is 30.9 Å². The lowest BCUT2D eigenvalue weighted by Crippen LogP contribution is -2.17. The van der Waals surface area contributed by atoms with Gasteiger partial charge < -0.3 is 15.0 Å². The van der Waals surface area contributed by atoms with Crippen molar-refractivity contribution >= 4 is 33.1 Å². The van der Waals surface area contributed by atoms with E-state index in [4.69, 9.17) is 9.72 Å². The number of anilines is 4. The first kappa shape index (κ1) is 23.7. The zero-order valence-electron chi connectivity index (χ0n) is 20.1. The highest BCUT2D eigenvalue weighted by Gasteiger charge is 2.30. The number of hydrogen-bond donors (Lipinski definition) is 2. The molecule has 1 aromatic carbocycles. The van der Waals surface area contributed by atoms with Gasteiger partial charge in [-0.2, -0.15) is 15.2 Å². The van der Waals surface area contributed by atoms with E-state index in [1.54, 1.807) is 31.2 Å². The largest absolute Gasteiger partial charge is 0.484 e. The first-order valence-corrected chi connectivity index (χ1v) is 13.1. The Morgan fingerprint density at radius 1 is 1.25 bits per heavy atom. The van der Waals surface area contributed by atoms with Gasteiger partial charge in [-0.1, -0.05) is 0 Å². The monoisotopic (exact) mass is 512 g/mol. The fourth-order valence-corrected chi connectivity index (χ4v) is 4.21. The Morgan fingerprint density at radius 2 is 2.03 bits per heavy atom. The maximum absolute atomic E-state index is 15.0. The summed E-state index contributed by atoms with van der Waals surface area (Å²) in [6, 6.07) is 5.54. The van der Waals surface area contributed by atoms with Crippen LogP contribution in [0.25, 0.3) is 11.3 Å². The van der Waals surface area contributed by atoms with Crippen molar-refractivity contribution in [1.29, 1.82) is 0 Å². The van der Waals surface area contributed by atoms with Crippen LogP contribution in [0.15, 0.2) is 41.6 Å². The molecule has 11 nitrogen and oxygen atoms in total. The highest BCUT2D eigenvalue weighted by atomic mass is 32.2. The Labute approximate surface area is 207 Å². The van der Waals surface area contributed by atoms with Gasteiger partial charge in [0.1, 0.15) is 11.5 Å². The molecule has 0 amide bonds. The number of benzene rings is 1. The molecule has 3 aromatic heterocycles. The molecule has 0 bridgehead atoms. The van der Waals surface area contributed by atoms with Gasteiger partial charge in [-0.15, -0.1) is 0 Å². The summed E-state index contributed by atoms with van der Waals surface area (Å²) in [6.07, 6.45) is 6.39. The minimum atomic E-state index is -3.56. The zero-order chi connectivity index (χ0) is 25.6. The zero-order valence-corrected chi connectivity index (χ0v) is 21.0. The minimum absolute atomic E-state index is 0.0510. The van der Waals surface area contributed by atoms with Crippen molar-refractivity contribution in [1.82, 2.24) is 29.9 Å². The van der Waals surface area contributed by atoms with Gasteiger partial charge in [0.05, 0.1) is 22.9 Å². The lowest BCUT2D eigenvalue weighted by molar-refractivity contribution is 0.304. The second kappa shape index (κ2) is 8.90. The number of aromatic nitrogens is 6. The normalized spacial score (nSPS) is 13.6. The number of ether oxygens (including phenoxy) is 1. The van der Waals surface area contributed by atoms with Gasteiger partial charge in [0, 0.05) is 43.9 Å². The molecule has 0 aliphatic heterocycles. The average molecular weight is 513 g/mol. The highest BCUT2D eigenvalue weighted by Crippen LogP contribution is 2.41. The van der Waals surface area contributed by atoms with Gasteiger partial charge in [-0.05, 0) is 38.0 Å². The lowest BCUT2D eigenvalue weighted by atomic mass is 10.2. The van der Waals surface area contributed by atoms with Gasteiger partial charge in [-0.3, -0.25) is 9.78 Å². The second-order valence-electron chi connectivity index (χ2n) is 8.78. The number of nitrogens with zero attached hydrogens (tertiary/aromatic N) is 6. The molecule has 1 aliphatic rings. The Morgan fingerprint density at radius 3 is 2.61 bits per heavy atom. The average Bonchev–Trinajstić information content (AvgIpc) is 3.39. The summed E-state index contributed by atoms with van der Waals surface area (Å²) >= 11 is 0. The summed E-state index contributed by atoms with van der Waals surface area (Å²) in [5.74, 6) is 0.773. The number of hydrogen-bond acceptors (Lipinski definition) is 9. The molecule has 3 heterocycles. The first-order chi connectivity index (χ1) is 17.1. The Balaban J connectivity index is 1.64. The van der Waals surface area contributed by atoms with Gasteiger partial charge in [0.25, 0.3) is 0 Å². The van der Waals surface area contributed by atoms with Crippen LogP contribution in [-0.4, -0.2) is 57.8 Å². The van der Waals surface area contributed by atoms with E-state index in [2.05, 4.69) is 25.6 Å². The van der Waals surface area contributed by atoms with Crippen LogP contribution in [0.1, 0.15) is 18.5 Å². The molecule has 4 aromatic rings. The van der Waals surface area contributed by atoms with Crippen LogP contribution in [0.2, 0.25) is 0 Å². The molecule has 1 saturated carbocycles. The van der Waals surface area contributed by atoms with Crippen molar-refractivity contribution in [2.24, 2.45) is 7.05 Å². The van der Waals surface area contributed by atoms with Crippen LogP contribution < -0.4 is 15.0 Å². The third-order valence-corrected chi connectivity index (χ3v) is 6.71. The number of sulfone groups is 1. The second-order valence-corrected chi connectivity index (χ2v) is 10.8. The van der Waals surface area contributed by atoms with Crippen LogP contribution in [0.5, 0.6) is 5.75 Å². The molecule has 13 heteroatoms. The van der Waals surface area contributed by atoms with E-state index < -0.39 is 15.7 Å². The topological polar surface area (TPSA) is 131 Å². The van der Waals surface area contributed by atoms with Crippen LogP contribution >= 0.6 is 0 Å². The van der Waals surface area contributed by atoms with Gasteiger partial charge >= 0.3 is 0 Å². The molecule has 1 aliphatic carbocycles. The van der Waals surface area contributed by atoms with Gasteiger partial charge in [0.2, 0.25) is 5.95 Å². The Kier molecular flexibility index (Phi) is 5.86. The fraction of sp³-hybridized carbons (Fsp3) is 0.304. The van der Waals surface area contributed by atoms with E-state index in [9.17, 15) is 8.42 Å². The van der Waals surface area contributed by atoms with Crippen molar-refractivity contribution in [2.45, 2.75) is 30.8 Å². The van der Waals surface area contributed by atoms with Crippen LogP contribution in [-0.2, 0) is 16.9 Å². The Hall–Kier alpha value is -4.00. The maximum atomic E-state index is 15.0. The summed E-state index contributed by atoms with van der Waals surface area (Å²) in [7, 11) is -0.162. The van der Waals surface area contributed by atoms with Crippen molar-refractivity contribution < 1.29 is 17.5 Å². The van der Waals surface area contributed by atoms with Crippen molar-refractivity contribution in [3.8, 4) is 17.0 Å². The Bertz CT molecular complexity index is 1540. The van der Waals surface area contributed by atoms with Crippen molar-refractivity contribution in [2.75, 3.05) is 23.5 Å². The number of aromatic amines is 1. The summed E-state index contributed by atoms with van der Waals surface area (Å²) < 4.78 is 46.6. The standard InChI is InChI=1S/C23H25FN8O3S/c1-13-9-19(30-29-13)26-22-21(35-15-5-6-15)20(14-11-25-31(2)12-14)27-23(28-22)32(3)18-8-7-16(10-17(18)24)36(4,33)34/h7-12,15H,5-6H2,1-4H3,(H2,26,27,28,29,30). The van der Waals surface area contributed by atoms with Crippen LogP contribution in [0.4, 0.5) is 27.7 Å². The van der Waals surface area contributed by atoms with Gasteiger partial charge in [0.15, 0.2) is 27.2 Å². The number of nitrogens with one attached hydrogen (secondary N) is 2. The van der Waals surface area contributed by atoms with Crippen LogP contribution in [0.3, 0.4) is 0 Å². The summed E-state index contributed by atoms with van der Waals surface area (Å²) in [4.78, 5) is 10.7. The predicted octanol–water partition coefficient (Wildman–Crippen LogP) is 3.50. The minimum Gasteiger partial charge on any atom is -0.484 e. The predicted molar refractivity (Wildman–Crippen MR) is 132 cm³/mol. The quantitative estimate of drug-likeness (QED) is 0.364. The third kappa shape index (κ3) is 4.87. The van der Waals surface area contributed by atoms with E-state index >= 15 is 4.39 Å². The first-order valence-electron chi connectivity index (χ1n) is 11.2. The lowest BCUT2D eigenvalue weighted by Gasteiger charge is -2.22. The van der Waals surface area contributed by atoms with E-state index in [0.29, 0.717) is 28.6 Å². The van der Waals surface area contributed by atoms with Crippen molar-refractivity contribution in [3.63, 3.8) is 0 Å². The van der Waals surface area contributed by atoms with Gasteiger partial charge in [-0.25, -0.2) is 17.8 Å². The molecule has 2 N–H and O–H groups in total. The molecule has 5 rings (SSSR count). The third-order valence-electron chi connectivity index (χ3n) is 5.60. The number of rotatable bonds is 8. The van der Waals surface area contributed by atoms with Crippen LogP contribution in [0, 0.1) is 12.7 Å². The molecular weight excluding hydrogens is 487 g/mol. The van der Waals surface area contributed by atoms with Crippen molar-refractivity contribution in [3.05, 3.63) is 48.2 Å². The molecule has 0 radical (unpaired) electrons. The molecule has 0 unspecified atom stereocenters. The van der Waals surface area contributed by atoms with E-state index in [1.807, 2.05) is 13.0 Å². The summed E-state index contributed by atoms with van der Waals surface area (Å²) in [5.41, 5.74) is 2.14.